The Hall–Kier alpha value is -2.60. The first-order valence-corrected chi connectivity index (χ1v) is 9.09. The summed E-state index contributed by atoms with van der Waals surface area (Å²) in [7, 11) is 0. The van der Waals surface area contributed by atoms with E-state index >= 15 is 0 Å². The highest BCUT2D eigenvalue weighted by molar-refractivity contribution is 5.53. The van der Waals surface area contributed by atoms with E-state index in [1.165, 1.54) is 11.3 Å². The lowest BCUT2D eigenvalue weighted by atomic mass is 9.93. The zero-order valence-electron chi connectivity index (χ0n) is 15.2. The Morgan fingerprint density at radius 3 is 2.54 bits per heavy atom. The number of likely N-dealkylation sites (tertiary alicyclic amines) is 1. The molecule has 134 valence electrons. The number of benzene rings is 1. The lowest BCUT2D eigenvalue weighted by Gasteiger charge is -2.30. The Balaban J connectivity index is 1.35. The van der Waals surface area contributed by atoms with Gasteiger partial charge < -0.3 is 4.52 Å². The molecule has 1 fully saturated rings. The summed E-state index contributed by atoms with van der Waals surface area (Å²) < 4.78 is 5.43. The maximum Gasteiger partial charge on any atom is 0.257 e. The van der Waals surface area contributed by atoms with E-state index in [1.807, 2.05) is 31.3 Å². The van der Waals surface area contributed by atoms with Crippen molar-refractivity contribution in [1.82, 2.24) is 25.0 Å². The summed E-state index contributed by atoms with van der Waals surface area (Å²) in [5, 5.41) is 4.15. The third-order valence-electron chi connectivity index (χ3n) is 4.94. The van der Waals surface area contributed by atoms with Crippen molar-refractivity contribution in [3.63, 3.8) is 0 Å². The monoisotopic (exact) mass is 349 g/mol. The van der Waals surface area contributed by atoms with Crippen LogP contribution >= 0.6 is 0 Å². The summed E-state index contributed by atoms with van der Waals surface area (Å²) in [5.41, 5.74) is 3.35. The van der Waals surface area contributed by atoms with Crippen LogP contribution in [0.2, 0.25) is 0 Å². The molecule has 1 saturated heterocycles. The highest BCUT2D eigenvalue weighted by Gasteiger charge is 2.23. The molecule has 3 aromatic rings. The predicted molar refractivity (Wildman–Crippen MR) is 98.5 cm³/mol. The molecule has 0 aliphatic carbocycles. The van der Waals surface area contributed by atoms with Crippen LogP contribution in [0.4, 0.5) is 0 Å². The maximum atomic E-state index is 5.43. The van der Waals surface area contributed by atoms with E-state index in [1.54, 1.807) is 0 Å². The van der Waals surface area contributed by atoms with Gasteiger partial charge >= 0.3 is 0 Å². The molecule has 1 aliphatic rings. The van der Waals surface area contributed by atoms with E-state index in [0.717, 1.165) is 49.7 Å². The molecular weight excluding hydrogens is 326 g/mol. The van der Waals surface area contributed by atoms with Crippen LogP contribution in [-0.2, 0) is 6.54 Å². The molecule has 4 rings (SSSR count). The third-order valence-corrected chi connectivity index (χ3v) is 4.94. The molecule has 0 amide bonds. The summed E-state index contributed by atoms with van der Waals surface area (Å²) in [6.07, 6.45) is 4.05. The van der Waals surface area contributed by atoms with E-state index < -0.39 is 0 Å². The van der Waals surface area contributed by atoms with Crippen LogP contribution in [0.1, 0.15) is 41.7 Å². The Morgan fingerprint density at radius 1 is 1.04 bits per heavy atom. The van der Waals surface area contributed by atoms with Crippen molar-refractivity contribution >= 4 is 0 Å². The molecular formula is C20H23N5O. The average molecular weight is 349 g/mol. The van der Waals surface area contributed by atoms with Crippen LogP contribution in [0.15, 0.2) is 41.1 Å². The number of hydrogen-bond donors (Lipinski definition) is 0. The molecule has 0 spiro atoms. The van der Waals surface area contributed by atoms with Crippen LogP contribution in [0.25, 0.3) is 11.5 Å². The zero-order chi connectivity index (χ0) is 17.9. The van der Waals surface area contributed by atoms with Gasteiger partial charge in [-0.2, -0.15) is 4.98 Å². The van der Waals surface area contributed by atoms with Crippen molar-refractivity contribution in [3.05, 3.63) is 59.4 Å². The molecule has 6 nitrogen and oxygen atoms in total. The fourth-order valence-electron chi connectivity index (χ4n) is 3.42. The molecule has 26 heavy (non-hydrogen) atoms. The molecule has 1 aromatic carbocycles. The lowest BCUT2D eigenvalue weighted by Crippen LogP contribution is -2.33. The van der Waals surface area contributed by atoms with E-state index in [9.17, 15) is 0 Å². The van der Waals surface area contributed by atoms with E-state index in [2.05, 4.69) is 44.1 Å². The van der Waals surface area contributed by atoms with Crippen molar-refractivity contribution in [3.8, 4) is 11.5 Å². The SMILES string of the molecule is Cc1ccc(-c2nc(CN3CCC(c4ccnc(C)n4)CC3)no2)cc1. The molecule has 0 bridgehead atoms. The van der Waals surface area contributed by atoms with E-state index in [4.69, 9.17) is 4.52 Å². The fraction of sp³-hybridized carbons (Fsp3) is 0.400. The number of nitrogens with zero attached hydrogens (tertiary/aromatic N) is 5. The van der Waals surface area contributed by atoms with Crippen LogP contribution in [0, 0.1) is 13.8 Å². The number of aryl methyl sites for hydroxylation is 2. The molecule has 0 N–H and O–H groups in total. The summed E-state index contributed by atoms with van der Waals surface area (Å²) in [6.45, 7) is 6.77. The minimum atomic E-state index is 0.515. The summed E-state index contributed by atoms with van der Waals surface area (Å²) >= 11 is 0. The van der Waals surface area contributed by atoms with Crippen LogP contribution in [-0.4, -0.2) is 38.1 Å². The van der Waals surface area contributed by atoms with Crippen LogP contribution in [0.5, 0.6) is 0 Å². The second-order valence-corrected chi connectivity index (χ2v) is 6.96. The largest absolute Gasteiger partial charge is 0.334 e. The van der Waals surface area contributed by atoms with E-state index in [-0.39, 0.29) is 0 Å². The second-order valence-electron chi connectivity index (χ2n) is 6.96. The number of piperidine rings is 1. The zero-order valence-corrected chi connectivity index (χ0v) is 15.2. The third kappa shape index (κ3) is 3.80. The van der Waals surface area contributed by atoms with Gasteiger partial charge in [0.25, 0.3) is 5.89 Å². The molecule has 0 atom stereocenters. The highest BCUT2D eigenvalue weighted by atomic mass is 16.5. The van der Waals surface area contributed by atoms with Crippen molar-refractivity contribution < 1.29 is 4.52 Å². The van der Waals surface area contributed by atoms with Gasteiger partial charge in [0.1, 0.15) is 5.82 Å². The Labute approximate surface area is 153 Å². The van der Waals surface area contributed by atoms with Gasteiger partial charge in [0.15, 0.2) is 5.82 Å². The van der Waals surface area contributed by atoms with Crippen molar-refractivity contribution in [2.45, 2.75) is 39.2 Å². The fourth-order valence-corrected chi connectivity index (χ4v) is 3.42. The Kier molecular flexibility index (Phi) is 4.75. The van der Waals surface area contributed by atoms with Gasteiger partial charge in [-0.25, -0.2) is 9.97 Å². The number of aromatic nitrogens is 4. The molecule has 3 heterocycles. The number of rotatable bonds is 4. The van der Waals surface area contributed by atoms with Crippen molar-refractivity contribution in [2.24, 2.45) is 0 Å². The molecule has 1 aliphatic heterocycles. The average Bonchev–Trinajstić information content (AvgIpc) is 3.11. The number of hydrogen-bond acceptors (Lipinski definition) is 6. The Morgan fingerprint density at radius 2 is 1.81 bits per heavy atom. The normalized spacial score (nSPS) is 16.1. The van der Waals surface area contributed by atoms with Gasteiger partial charge in [0.2, 0.25) is 0 Å². The molecule has 0 radical (unpaired) electrons. The maximum absolute atomic E-state index is 5.43. The minimum absolute atomic E-state index is 0.515. The van der Waals surface area contributed by atoms with Crippen LogP contribution < -0.4 is 0 Å². The molecule has 6 heteroatoms. The standard InChI is InChI=1S/C20H23N5O/c1-14-3-5-17(6-4-14)20-23-19(24-26-20)13-25-11-8-16(9-12-25)18-7-10-21-15(2)22-18/h3-7,10,16H,8-9,11-13H2,1-2H3. The van der Waals surface area contributed by atoms with Gasteiger partial charge in [0.05, 0.1) is 6.54 Å². The molecule has 0 unspecified atom stereocenters. The first kappa shape index (κ1) is 16.8. The van der Waals surface area contributed by atoms with Gasteiger partial charge in [-0.3, -0.25) is 4.90 Å². The first-order chi connectivity index (χ1) is 12.7. The van der Waals surface area contributed by atoms with Crippen molar-refractivity contribution in [1.29, 1.82) is 0 Å². The topological polar surface area (TPSA) is 67.9 Å². The first-order valence-electron chi connectivity index (χ1n) is 9.09. The minimum Gasteiger partial charge on any atom is -0.334 e. The predicted octanol–water partition coefficient (Wildman–Crippen LogP) is 3.52. The lowest BCUT2D eigenvalue weighted by molar-refractivity contribution is 0.196. The second kappa shape index (κ2) is 7.33. The van der Waals surface area contributed by atoms with Gasteiger partial charge in [0, 0.05) is 23.4 Å². The van der Waals surface area contributed by atoms with Crippen molar-refractivity contribution in [2.75, 3.05) is 13.1 Å². The Bertz CT molecular complexity index is 866. The highest BCUT2D eigenvalue weighted by Crippen LogP contribution is 2.27. The smallest absolute Gasteiger partial charge is 0.257 e. The van der Waals surface area contributed by atoms with Gasteiger partial charge in [-0.05, 0) is 58.0 Å². The molecule has 2 aromatic heterocycles. The molecule has 0 saturated carbocycles. The van der Waals surface area contributed by atoms with Gasteiger partial charge in [-0.1, -0.05) is 22.9 Å². The summed E-state index contributed by atoms with van der Waals surface area (Å²) in [4.78, 5) is 15.7. The quantitative estimate of drug-likeness (QED) is 0.718. The summed E-state index contributed by atoms with van der Waals surface area (Å²) in [5.74, 6) is 2.70. The summed E-state index contributed by atoms with van der Waals surface area (Å²) in [6, 6.07) is 10.2. The van der Waals surface area contributed by atoms with E-state index in [0.29, 0.717) is 11.8 Å². The van der Waals surface area contributed by atoms with Crippen LogP contribution in [0.3, 0.4) is 0 Å². The van der Waals surface area contributed by atoms with Gasteiger partial charge in [-0.15, -0.1) is 0 Å².